The lowest BCUT2D eigenvalue weighted by atomic mass is 10.2. The number of hydrogen-bond acceptors (Lipinski definition) is 5. The van der Waals surface area contributed by atoms with Gasteiger partial charge in [-0.3, -0.25) is 14.8 Å². The molecule has 8 heteroatoms. The summed E-state index contributed by atoms with van der Waals surface area (Å²) in [4.78, 5) is 14.1. The maximum absolute atomic E-state index is 12.2. The first-order valence-electron chi connectivity index (χ1n) is 6.99. The maximum atomic E-state index is 12.2. The quantitative estimate of drug-likeness (QED) is 0.846. The monoisotopic (exact) mass is 314 g/mol. The number of hydrogen-bond donors (Lipinski definition) is 2. The minimum Gasteiger partial charge on any atom is -0.322 e. The van der Waals surface area contributed by atoms with Gasteiger partial charge in [0.15, 0.2) is 9.84 Å². The number of carbonyl (C=O) groups excluding carboxylic acids is 1. The third kappa shape index (κ3) is 3.26. The van der Waals surface area contributed by atoms with Crippen LogP contribution in [0.15, 0.2) is 0 Å². The van der Waals surface area contributed by atoms with Gasteiger partial charge >= 0.3 is 0 Å². The number of rotatable bonds is 3. The van der Waals surface area contributed by atoms with Gasteiger partial charge in [-0.15, -0.1) is 0 Å². The lowest BCUT2D eigenvalue weighted by Gasteiger charge is -2.36. The number of nitrogens with zero attached hydrogens (tertiary/aromatic N) is 2. The number of anilines is 1. The molecule has 1 fully saturated rings. The van der Waals surface area contributed by atoms with Gasteiger partial charge in [0.2, 0.25) is 5.91 Å². The predicted molar refractivity (Wildman–Crippen MR) is 81.0 cm³/mol. The van der Waals surface area contributed by atoms with Gasteiger partial charge in [-0.05, 0) is 27.7 Å². The van der Waals surface area contributed by atoms with Crippen molar-refractivity contribution in [3.8, 4) is 0 Å². The molecular formula is C13H22N4O3S. The van der Waals surface area contributed by atoms with Crippen LogP contribution in [-0.4, -0.2) is 59.6 Å². The molecule has 2 atom stereocenters. The van der Waals surface area contributed by atoms with E-state index in [1.807, 2.05) is 25.7 Å². The highest BCUT2D eigenvalue weighted by Gasteiger charge is 2.36. The Morgan fingerprint density at radius 2 is 2.10 bits per heavy atom. The lowest BCUT2D eigenvalue weighted by Crippen LogP contribution is -2.53. The normalized spacial score (nSPS) is 25.7. The Balaban J connectivity index is 2.01. The zero-order chi connectivity index (χ0) is 15.8. The fraction of sp³-hybridized carbons (Fsp3) is 0.692. The molecule has 1 aromatic heterocycles. The van der Waals surface area contributed by atoms with Crippen molar-refractivity contribution < 1.29 is 13.2 Å². The zero-order valence-electron chi connectivity index (χ0n) is 12.8. The molecule has 0 aliphatic carbocycles. The SMILES string of the molecule is Cc1n[nH]c(C)c1NC(=O)CN1CCS(=O)(=O)C(C)C1C. The summed E-state index contributed by atoms with van der Waals surface area (Å²) in [5.74, 6) is -0.0452. The van der Waals surface area contributed by atoms with Crippen molar-refractivity contribution in [2.75, 3.05) is 24.2 Å². The summed E-state index contributed by atoms with van der Waals surface area (Å²) in [5.41, 5.74) is 2.25. The highest BCUT2D eigenvalue weighted by atomic mass is 32.2. The number of amides is 1. The standard InChI is InChI=1S/C13H22N4O3S/c1-8-13(9(2)16-15-8)14-12(18)7-17-5-6-21(19,20)11(4)10(17)3/h10-11H,5-7H2,1-4H3,(H,14,18)(H,15,16). The van der Waals surface area contributed by atoms with E-state index >= 15 is 0 Å². The molecule has 0 bridgehead atoms. The minimum absolute atomic E-state index is 0.107. The first-order chi connectivity index (χ1) is 9.72. The topological polar surface area (TPSA) is 95.2 Å². The van der Waals surface area contributed by atoms with Crippen molar-refractivity contribution in [2.24, 2.45) is 0 Å². The van der Waals surface area contributed by atoms with Crippen molar-refractivity contribution in [1.82, 2.24) is 15.1 Å². The van der Waals surface area contributed by atoms with E-state index in [-0.39, 0.29) is 24.2 Å². The Kier molecular flexibility index (Phi) is 4.38. The summed E-state index contributed by atoms with van der Waals surface area (Å²) >= 11 is 0. The molecule has 2 unspecified atom stereocenters. The highest BCUT2D eigenvalue weighted by Crippen LogP contribution is 2.20. The summed E-state index contributed by atoms with van der Waals surface area (Å²) in [7, 11) is -3.03. The highest BCUT2D eigenvalue weighted by molar-refractivity contribution is 7.92. The number of H-pyrrole nitrogens is 1. The molecule has 2 N–H and O–H groups in total. The molecule has 0 aromatic carbocycles. The number of aromatic nitrogens is 2. The van der Waals surface area contributed by atoms with Crippen LogP contribution in [0.5, 0.6) is 0 Å². The molecule has 118 valence electrons. The van der Waals surface area contributed by atoms with Crippen molar-refractivity contribution >= 4 is 21.4 Å². The smallest absolute Gasteiger partial charge is 0.238 e. The Morgan fingerprint density at radius 3 is 2.67 bits per heavy atom. The van der Waals surface area contributed by atoms with Crippen LogP contribution < -0.4 is 5.32 Å². The van der Waals surface area contributed by atoms with E-state index in [2.05, 4.69) is 15.5 Å². The van der Waals surface area contributed by atoms with Crippen LogP contribution in [0.25, 0.3) is 0 Å². The van der Waals surface area contributed by atoms with Crippen molar-refractivity contribution in [1.29, 1.82) is 0 Å². The van der Waals surface area contributed by atoms with Crippen LogP contribution in [0.3, 0.4) is 0 Å². The average molecular weight is 314 g/mol. The Labute approximate surface area is 125 Å². The molecule has 2 rings (SSSR count). The Bertz CT molecular complexity index is 618. The molecule has 21 heavy (non-hydrogen) atoms. The molecule has 1 aromatic rings. The fourth-order valence-corrected chi connectivity index (χ4v) is 4.19. The van der Waals surface area contributed by atoms with E-state index in [1.165, 1.54) is 0 Å². The van der Waals surface area contributed by atoms with Gasteiger partial charge in [0.1, 0.15) is 0 Å². The fourth-order valence-electron chi connectivity index (χ4n) is 2.55. The van der Waals surface area contributed by atoms with Crippen LogP contribution in [0.1, 0.15) is 25.2 Å². The van der Waals surface area contributed by atoms with E-state index in [4.69, 9.17) is 0 Å². The minimum atomic E-state index is -3.03. The van der Waals surface area contributed by atoms with E-state index in [9.17, 15) is 13.2 Å². The van der Waals surface area contributed by atoms with Gasteiger partial charge in [0.05, 0.1) is 34.6 Å². The van der Waals surface area contributed by atoms with E-state index < -0.39 is 15.1 Å². The number of aromatic amines is 1. The third-order valence-corrected chi connectivity index (χ3v) is 6.50. The Hall–Kier alpha value is -1.41. The van der Waals surface area contributed by atoms with Crippen LogP contribution in [0, 0.1) is 13.8 Å². The van der Waals surface area contributed by atoms with Gasteiger partial charge in [-0.1, -0.05) is 0 Å². The predicted octanol–water partition coefficient (Wildman–Crippen LogP) is 0.472. The second kappa shape index (κ2) is 5.76. The van der Waals surface area contributed by atoms with Crippen molar-refractivity contribution in [3.63, 3.8) is 0 Å². The van der Waals surface area contributed by atoms with Crippen LogP contribution >= 0.6 is 0 Å². The molecule has 7 nitrogen and oxygen atoms in total. The van der Waals surface area contributed by atoms with Gasteiger partial charge in [0, 0.05) is 12.6 Å². The van der Waals surface area contributed by atoms with Crippen molar-refractivity contribution in [3.05, 3.63) is 11.4 Å². The van der Waals surface area contributed by atoms with Crippen LogP contribution in [-0.2, 0) is 14.6 Å². The van der Waals surface area contributed by atoms with Gasteiger partial charge in [-0.2, -0.15) is 5.10 Å². The van der Waals surface area contributed by atoms with Gasteiger partial charge in [0.25, 0.3) is 0 Å². The third-order valence-electron chi connectivity index (χ3n) is 4.22. The first kappa shape index (κ1) is 16.0. The second-order valence-corrected chi connectivity index (χ2v) is 8.12. The molecule has 0 saturated carbocycles. The molecule has 1 saturated heterocycles. The summed E-state index contributed by atoms with van der Waals surface area (Å²) in [6.45, 7) is 7.79. The van der Waals surface area contributed by atoms with Crippen molar-refractivity contribution in [2.45, 2.75) is 39.0 Å². The first-order valence-corrected chi connectivity index (χ1v) is 8.71. The number of carbonyl (C=O) groups is 1. The lowest BCUT2D eigenvalue weighted by molar-refractivity contribution is -0.117. The number of aryl methyl sites for hydroxylation is 2. The molecular weight excluding hydrogens is 292 g/mol. The van der Waals surface area contributed by atoms with E-state index in [0.717, 1.165) is 11.4 Å². The number of nitrogens with one attached hydrogen (secondary N) is 2. The van der Waals surface area contributed by atoms with Gasteiger partial charge in [-0.25, -0.2) is 8.42 Å². The summed E-state index contributed by atoms with van der Waals surface area (Å²) in [5, 5.41) is 9.23. The zero-order valence-corrected chi connectivity index (χ0v) is 13.6. The molecule has 1 aliphatic heterocycles. The molecule has 0 radical (unpaired) electrons. The molecule has 0 spiro atoms. The average Bonchev–Trinajstić information content (AvgIpc) is 2.72. The van der Waals surface area contributed by atoms with E-state index in [0.29, 0.717) is 12.2 Å². The number of sulfone groups is 1. The summed E-state index contributed by atoms with van der Waals surface area (Å²) < 4.78 is 23.7. The maximum Gasteiger partial charge on any atom is 0.238 e. The van der Waals surface area contributed by atoms with Crippen LogP contribution in [0.2, 0.25) is 0 Å². The van der Waals surface area contributed by atoms with Crippen LogP contribution in [0.4, 0.5) is 5.69 Å². The largest absolute Gasteiger partial charge is 0.322 e. The van der Waals surface area contributed by atoms with Gasteiger partial charge < -0.3 is 5.32 Å². The molecule has 2 heterocycles. The van der Waals surface area contributed by atoms with E-state index in [1.54, 1.807) is 6.92 Å². The second-order valence-electron chi connectivity index (χ2n) is 5.64. The Morgan fingerprint density at radius 1 is 1.43 bits per heavy atom. The summed E-state index contributed by atoms with van der Waals surface area (Å²) in [6, 6.07) is -0.166. The molecule has 1 amide bonds. The summed E-state index contributed by atoms with van der Waals surface area (Å²) in [6.07, 6.45) is 0. The molecule has 1 aliphatic rings.